The molecule has 1 heterocycles. The monoisotopic (exact) mass is 354 g/mol. The number of thioether (sulfide) groups is 1. The van der Waals surface area contributed by atoms with Crippen LogP contribution in [0.1, 0.15) is 22.8 Å². The summed E-state index contributed by atoms with van der Waals surface area (Å²) in [5.41, 5.74) is 1.65. The largest absolute Gasteiger partial charge is 0.349 e. The summed E-state index contributed by atoms with van der Waals surface area (Å²) in [5.74, 6) is 0.574. The van der Waals surface area contributed by atoms with Gasteiger partial charge in [0.15, 0.2) is 0 Å². The van der Waals surface area contributed by atoms with Gasteiger partial charge in [-0.15, -0.1) is 11.8 Å². The van der Waals surface area contributed by atoms with Gasteiger partial charge in [0.1, 0.15) is 10.3 Å². The molecule has 1 aromatic heterocycles. The van der Waals surface area contributed by atoms with Crippen molar-refractivity contribution in [1.82, 2.24) is 10.3 Å². The van der Waals surface area contributed by atoms with E-state index in [-0.39, 0.29) is 22.3 Å². The lowest BCUT2D eigenvalue weighted by atomic mass is 10.2. The molecule has 1 unspecified atom stereocenters. The maximum Gasteiger partial charge on any atom is 0.251 e. The van der Waals surface area contributed by atoms with Gasteiger partial charge in [0.25, 0.3) is 5.91 Å². The Labute approximate surface area is 144 Å². The lowest BCUT2D eigenvalue weighted by Crippen LogP contribution is -2.34. The van der Waals surface area contributed by atoms with Crippen LogP contribution in [0.3, 0.4) is 0 Å². The molecule has 0 aliphatic carbocycles. The lowest BCUT2D eigenvalue weighted by molar-refractivity contribution is 0.0943. The van der Waals surface area contributed by atoms with Gasteiger partial charge in [0.05, 0.1) is 0 Å². The van der Waals surface area contributed by atoms with Crippen molar-refractivity contribution in [2.75, 3.05) is 5.75 Å². The first-order valence-corrected chi connectivity index (χ1v) is 8.51. The van der Waals surface area contributed by atoms with Crippen LogP contribution in [0.25, 0.3) is 0 Å². The minimum Gasteiger partial charge on any atom is -0.349 e. The smallest absolute Gasteiger partial charge is 0.251 e. The predicted octanol–water partition coefficient (Wildman–Crippen LogP) is 4.61. The molecule has 22 heavy (non-hydrogen) atoms. The fraction of sp³-hybridized carbons (Fsp3) is 0.250. The van der Waals surface area contributed by atoms with Crippen LogP contribution < -0.4 is 5.32 Å². The van der Waals surface area contributed by atoms with Crippen molar-refractivity contribution >= 4 is 40.9 Å². The number of halogens is 2. The van der Waals surface area contributed by atoms with Crippen molar-refractivity contribution in [2.45, 2.75) is 24.8 Å². The van der Waals surface area contributed by atoms with E-state index in [4.69, 9.17) is 23.2 Å². The molecule has 0 aliphatic rings. The number of benzene rings is 1. The van der Waals surface area contributed by atoms with E-state index in [0.717, 1.165) is 5.75 Å². The Morgan fingerprint density at radius 1 is 1.23 bits per heavy atom. The minimum atomic E-state index is -0.205. The number of pyridine rings is 1. The van der Waals surface area contributed by atoms with Crippen molar-refractivity contribution < 1.29 is 4.79 Å². The van der Waals surface area contributed by atoms with E-state index in [2.05, 4.69) is 41.5 Å². The number of aromatic nitrogens is 1. The third-order valence-corrected chi connectivity index (χ3v) is 4.58. The number of nitrogens with one attached hydrogen (secondary N) is 1. The van der Waals surface area contributed by atoms with Gasteiger partial charge in [0, 0.05) is 22.3 Å². The van der Waals surface area contributed by atoms with E-state index in [0.29, 0.717) is 5.56 Å². The van der Waals surface area contributed by atoms with Gasteiger partial charge in [-0.3, -0.25) is 4.79 Å². The molecule has 0 fully saturated rings. The first-order valence-electron chi connectivity index (χ1n) is 6.77. The molecule has 0 bridgehead atoms. The maximum atomic E-state index is 12.2. The Balaban J connectivity index is 1.89. The van der Waals surface area contributed by atoms with Crippen LogP contribution in [0, 0.1) is 6.92 Å². The van der Waals surface area contributed by atoms with Crippen molar-refractivity contribution in [1.29, 1.82) is 0 Å². The summed E-state index contributed by atoms with van der Waals surface area (Å²) in [6.45, 7) is 4.02. The fourth-order valence-corrected chi connectivity index (χ4v) is 3.12. The molecule has 3 nitrogen and oxygen atoms in total. The van der Waals surface area contributed by atoms with Crippen LogP contribution in [0.15, 0.2) is 41.3 Å². The average molecular weight is 355 g/mol. The number of hydrogen-bond donors (Lipinski definition) is 1. The van der Waals surface area contributed by atoms with Crippen LogP contribution in [-0.4, -0.2) is 22.7 Å². The molecule has 1 aromatic carbocycles. The van der Waals surface area contributed by atoms with Gasteiger partial charge >= 0.3 is 0 Å². The first-order chi connectivity index (χ1) is 10.4. The van der Waals surface area contributed by atoms with E-state index < -0.39 is 0 Å². The highest BCUT2D eigenvalue weighted by molar-refractivity contribution is 7.99. The standard InChI is InChI=1S/C16H16Cl2N2OS/c1-10-3-5-13(6-4-10)22-9-11(2)19-16(21)12-7-14(17)20-15(18)8-12/h3-8,11H,9H2,1-2H3,(H,19,21). The van der Waals surface area contributed by atoms with Crippen LogP contribution in [0.5, 0.6) is 0 Å². The van der Waals surface area contributed by atoms with Crippen LogP contribution >= 0.6 is 35.0 Å². The molecular formula is C16H16Cl2N2OS. The zero-order valence-corrected chi connectivity index (χ0v) is 14.6. The Morgan fingerprint density at radius 2 is 1.82 bits per heavy atom. The fourth-order valence-electron chi connectivity index (χ4n) is 1.80. The molecule has 116 valence electrons. The molecular weight excluding hydrogens is 339 g/mol. The van der Waals surface area contributed by atoms with Gasteiger partial charge in [-0.1, -0.05) is 40.9 Å². The normalized spacial score (nSPS) is 12.0. The zero-order valence-electron chi connectivity index (χ0n) is 12.3. The number of rotatable bonds is 5. The second-order valence-electron chi connectivity index (χ2n) is 5.00. The van der Waals surface area contributed by atoms with Gasteiger partial charge in [-0.2, -0.15) is 0 Å². The van der Waals surface area contributed by atoms with Gasteiger partial charge in [0.2, 0.25) is 0 Å². The Hall–Kier alpha value is -1.23. The van der Waals surface area contributed by atoms with E-state index in [1.807, 2.05) is 6.92 Å². The third-order valence-electron chi connectivity index (χ3n) is 2.92. The molecule has 0 aliphatic heterocycles. The molecule has 1 atom stereocenters. The van der Waals surface area contributed by atoms with Crippen molar-refractivity contribution in [2.24, 2.45) is 0 Å². The molecule has 0 saturated carbocycles. The van der Waals surface area contributed by atoms with Gasteiger partial charge in [-0.05, 0) is 38.1 Å². The summed E-state index contributed by atoms with van der Waals surface area (Å²) < 4.78 is 0. The number of aryl methyl sites for hydroxylation is 1. The second-order valence-corrected chi connectivity index (χ2v) is 6.87. The quantitative estimate of drug-likeness (QED) is 0.629. The zero-order chi connectivity index (χ0) is 16.1. The van der Waals surface area contributed by atoms with Crippen molar-refractivity contribution in [3.63, 3.8) is 0 Å². The number of carbonyl (C=O) groups is 1. The second kappa shape index (κ2) is 7.86. The first kappa shape index (κ1) is 17.1. The summed E-state index contributed by atoms with van der Waals surface area (Å²) in [4.78, 5) is 17.2. The number of amides is 1. The number of nitrogens with zero attached hydrogens (tertiary/aromatic N) is 1. The third kappa shape index (κ3) is 5.20. The topological polar surface area (TPSA) is 42.0 Å². The average Bonchev–Trinajstić information content (AvgIpc) is 2.45. The predicted molar refractivity (Wildman–Crippen MR) is 93.1 cm³/mol. The lowest BCUT2D eigenvalue weighted by Gasteiger charge is -2.14. The highest BCUT2D eigenvalue weighted by Gasteiger charge is 2.12. The number of carbonyl (C=O) groups excluding carboxylic acids is 1. The van der Waals surface area contributed by atoms with Crippen LogP contribution in [0.2, 0.25) is 10.3 Å². The molecule has 1 amide bonds. The Kier molecular flexibility index (Phi) is 6.12. The molecule has 6 heteroatoms. The molecule has 2 rings (SSSR count). The summed E-state index contributed by atoms with van der Waals surface area (Å²) in [5, 5.41) is 3.34. The van der Waals surface area contributed by atoms with Crippen molar-refractivity contribution in [3.8, 4) is 0 Å². The van der Waals surface area contributed by atoms with E-state index in [9.17, 15) is 4.79 Å². The summed E-state index contributed by atoms with van der Waals surface area (Å²) in [6, 6.07) is 11.3. The van der Waals surface area contributed by atoms with Crippen molar-refractivity contribution in [3.05, 3.63) is 57.8 Å². The van der Waals surface area contributed by atoms with E-state index in [1.54, 1.807) is 11.8 Å². The molecule has 0 radical (unpaired) electrons. The summed E-state index contributed by atoms with van der Waals surface area (Å²) in [6.07, 6.45) is 0. The molecule has 0 saturated heterocycles. The van der Waals surface area contributed by atoms with Crippen LogP contribution in [-0.2, 0) is 0 Å². The highest BCUT2D eigenvalue weighted by atomic mass is 35.5. The Morgan fingerprint density at radius 3 is 2.41 bits per heavy atom. The number of hydrogen-bond acceptors (Lipinski definition) is 3. The van der Waals surface area contributed by atoms with E-state index in [1.165, 1.54) is 22.6 Å². The molecule has 0 spiro atoms. The maximum absolute atomic E-state index is 12.2. The molecule has 1 N–H and O–H groups in total. The van der Waals surface area contributed by atoms with Crippen LogP contribution in [0.4, 0.5) is 0 Å². The van der Waals surface area contributed by atoms with Gasteiger partial charge < -0.3 is 5.32 Å². The Bertz CT molecular complexity index is 641. The van der Waals surface area contributed by atoms with E-state index >= 15 is 0 Å². The van der Waals surface area contributed by atoms with Gasteiger partial charge in [-0.25, -0.2) is 4.98 Å². The minimum absolute atomic E-state index is 0.0181. The summed E-state index contributed by atoms with van der Waals surface area (Å²) in [7, 11) is 0. The SMILES string of the molecule is Cc1ccc(SCC(C)NC(=O)c2cc(Cl)nc(Cl)c2)cc1. The highest BCUT2D eigenvalue weighted by Crippen LogP contribution is 2.19. The molecule has 2 aromatic rings. The summed E-state index contributed by atoms with van der Waals surface area (Å²) >= 11 is 13.3.